The molecule has 1 amide bonds. The van der Waals surface area contributed by atoms with Gasteiger partial charge in [-0.3, -0.25) is 19.5 Å². The molecular weight excluding hydrogens is 411 g/mol. The standard InChI is InChI=1S/C24H31FN4O3/c1-2-12-29(13-10-20-9-8-17-6-4-11-26-24(17)27-20)16-22(30)28-21(15-23(31)32)18-5-3-7-19(25)14-18/h3,5-9,14,20-21H,2,4,10-13,15-16H2,1H3,(H,26,27)(H,28,30)(H,31,32). The molecule has 0 radical (unpaired) electrons. The molecule has 2 aliphatic rings. The summed E-state index contributed by atoms with van der Waals surface area (Å²) in [4.78, 5) is 30.6. The van der Waals surface area contributed by atoms with Crippen molar-refractivity contribution >= 4 is 17.7 Å². The molecule has 0 spiro atoms. The monoisotopic (exact) mass is 442 g/mol. The molecule has 7 nitrogen and oxygen atoms in total. The Morgan fingerprint density at radius 2 is 2.22 bits per heavy atom. The van der Waals surface area contributed by atoms with Crippen molar-refractivity contribution in [2.75, 3.05) is 26.2 Å². The van der Waals surface area contributed by atoms with Gasteiger partial charge in [0.1, 0.15) is 11.7 Å². The molecule has 2 unspecified atom stereocenters. The summed E-state index contributed by atoms with van der Waals surface area (Å²) in [5, 5.41) is 15.4. The second-order valence-electron chi connectivity index (χ2n) is 8.13. The summed E-state index contributed by atoms with van der Waals surface area (Å²) in [5.41, 5.74) is 1.58. The Morgan fingerprint density at radius 3 is 2.97 bits per heavy atom. The van der Waals surface area contributed by atoms with Gasteiger partial charge in [0.25, 0.3) is 0 Å². The number of aliphatic carboxylic acids is 1. The number of dihydropyridines is 1. The maximum Gasteiger partial charge on any atom is 0.305 e. The molecule has 0 aliphatic carbocycles. The first kappa shape index (κ1) is 23.7. The summed E-state index contributed by atoms with van der Waals surface area (Å²) in [6.07, 6.45) is 8.79. The Morgan fingerprint density at radius 1 is 1.38 bits per heavy atom. The van der Waals surface area contributed by atoms with E-state index >= 15 is 0 Å². The van der Waals surface area contributed by atoms with Gasteiger partial charge in [0.2, 0.25) is 5.91 Å². The van der Waals surface area contributed by atoms with Crippen LogP contribution in [0, 0.1) is 5.82 Å². The highest BCUT2D eigenvalue weighted by molar-refractivity contribution is 6.02. The number of fused-ring (bicyclic) bond motifs is 1. The number of amides is 1. The van der Waals surface area contributed by atoms with Crippen molar-refractivity contribution < 1.29 is 19.1 Å². The Kier molecular flexibility index (Phi) is 8.56. The van der Waals surface area contributed by atoms with Gasteiger partial charge in [-0.25, -0.2) is 4.39 Å². The molecule has 2 heterocycles. The van der Waals surface area contributed by atoms with E-state index in [0.29, 0.717) is 12.1 Å². The van der Waals surface area contributed by atoms with Gasteiger partial charge in [0.05, 0.1) is 19.0 Å². The topological polar surface area (TPSA) is 94.0 Å². The van der Waals surface area contributed by atoms with E-state index < -0.39 is 17.8 Å². The molecule has 172 valence electrons. The lowest BCUT2D eigenvalue weighted by Crippen LogP contribution is -2.43. The number of aliphatic imine (C=N–C) groups is 1. The van der Waals surface area contributed by atoms with Crippen molar-refractivity contribution in [3.05, 3.63) is 59.4 Å². The van der Waals surface area contributed by atoms with E-state index in [2.05, 4.69) is 45.7 Å². The number of halogens is 1. The van der Waals surface area contributed by atoms with Gasteiger partial charge >= 0.3 is 5.97 Å². The average molecular weight is 443 g/mol. The first-order valence-corrected chi connectivity index (χ1v) is 11.1. The van der Waals surface area contributed by atoms with Gasteiger partial charge in [0, 0.05) is 24.7 Å². The highest BCUT2D eigenvalue weighted by Gasteiger charge is 2.22. The highest BCUT2D eigenvalue weighted by Crippen LogP contribution is 2.18. The van der Waals surface area contributed by atoms with Crippen molar-refractivity contribution in [2.24, 2.45) is 4.99 Å². The number of hydrogen-bond donors (Lipinski definition) is 3. The molecule has 1 aromatic rings. The van der Waals surface area contributed by atoms with Crippen LogP contribution in [0.3, 0.4) is 0 Å². The second-order valence-corrected chi connectivity index (χ2v) is 8.13. The molecule has 2 aliphatic heterocycles. The number of carbonyl (C=O) groups excluding carboxylic acids is 1. The van der Waals surface area contributed by atoms with Crippen molar-refractivity contribution in [3.8, 4) is 0 Å². The Hall–Kier alpha value is -3.00. The fraction of sp³-hybridized carbons (Fsp3) is 0.458. The summed E-state index contributed by atoms with van der Waals surface area (Å²) < 4.78 is 13.6. The fourth-order valence-corrected chi connectivity index (χ4v) is 3.97. The number of carboxylic acids is 1. The lowest BCUT2D eigenvalue weighted by atomic mass is 10.0. The average Bonchev–Trinajstić information content (AvgIpc) is 2.76. The molecule has 0 saturated heterocycles. The first-order chi connectivity index (χ1) is 15.4. The largest absolute Gasteiger partial charge is 0.481 e. The summed E-state index contributed by atoms with van der Waals surface area (Å²) in [7, 11) is 0. The smallest absolute Gasteiger partial charge is 0.305 e. The second kappa shape index (κ2) is 11.6. The van der Waals surface area contributed by atoms with Gasteiger partial charge in [-0.15, -0.1) is 0 Å². The van der Waals surface area contributed by atoms with Crippen LogP contribution in [0.25, 0.3) is 0 Å². The Balaban J connectivity index is 1.57. The zero-order valence-electron chi connectivity index (χ0n) is 18.4. The number of rotatable bonds is 11. The molecule has 0 saturated carbocycles. The molecule has 1 aromatic carbocycles. The molecule has 3 rings (SSSR count). The zero-order chi connectivity index (χ0) is 22.9. The van der Waals surface area contributed by atoms with Crippen LogP contribution in [-0.2, 0) is 9.59 Å². The van der Waals surface area contributed by atoms with Crippen LogP contribution >= 0.6 is 0 Å². The van der Waals surface area contributed by atoms with Crippen molar-refractivity contribution in [1.82, 2.24) is 15.5 Å². The van der Waals surface area contributed by atoms with Crippen molar-refractivity contribution in [2.45, 2.75) is 44.7 Å². The highest BCUT2D eigenvalue weighted by atomic mass is 19.1. The van der Waals surface area contributed by atoms with Gasteiger partial charge in [-0.2, -0.15) is 0 Å². The molecule has 8 heteroatoms. The summed E-state index contributed by atoms with van der Waals surface area (Å²) in [6, 6.07) is 5.05. The van der Waals surface area contributed by atoms with E-state index in [1.165, 1.54) is 18.2 Å². The number of amidine groups is 1. The van der Waals surface area contributed by atoms with Gasteiger partial charge in [0.15, 0.2) is 0 Å². The third kappa shape index (κ3) is 7.02. The van der Waals surface area contributed by atoms with Gasteiger partial charge in [-0.1, -0.05) is 37.3 Å². The number of carbonyl (C=O) groups is 2. The molecule has 2 atom stereocenters. The van der Waals surface area contributed by atoms with E-state index in [1.54, 1.807) is 6.07 Å². The minimum absolute atomic E-state index is 0.151. The first-order valence-electron chi connectivity index (χ1n) is 11.1. The van der Waals surface area contributed by atoms with E-state index in [-0.39, 0.29) is 24.9 Å². The van der Waals surface area contributed by atoms with E-state index in [4.69, 9.17) is 0 Å². The summed E-state index contributed by atoms with van der Waals surface area (Å²) in [6.45, 7) is 4.47. The van der Waals surface area contributed by atoms with Crippen LogP contribution in [0.2, 0.25) is 0 Å². The third-order valence-corrected chi connectivity index (χ3v) is 5.50. The van der Waals surface area contributed by atoms with Crippen molar-refractivity contribution in [3.63, 3.8) is 0 Å². The molecule has 3 N–H and O–H groups in total. The number of benzene rings is 1. The van der Waals surface area contributed by atoms with Gasteiger partial charge in [-0.05, 0) is 43.5 Å². The molecule has 0 fully saturated rings. The number of nitrogens with zero attached hydrogens (tertiary/aromatic N) is 2. The van der Waals surface area contributed by atoms with E-state index in [1.807, 2.05) is 0 Å². The van der Waals surface area contributed by atoms with E-state index in [0.717, 1.165) is 43.8 Å². The zero-order valence-corrected chi connectivity index (χ0v) is 18.4. The number of nitrogens with one attached hydrogen (secondary N) is 2. The quantitative estimate of drug-likeness (QED) is 0.490. The summed E-state index contributed by atoms with van der Waals surface area (Å²) in [5.74, 6) is -0.856. The van der Waals surface area contributed by atoms with Crippen LogP contribution in [0.4, 0.5) is 4.39 Å². The predicted molar refractivity (Wildman–Crippen MR) is 122 cm³/mol. The normalized spacial score (nSPS) is 18.3. The maximum atomic E-state index is 13.6. The third-order valence-electron chi connectivity index (χ3n) is 5.50. The van der Waals surface area contributed by atoms with Crippen molar-refractivity contribution in [1.29, 1.82) is 0 Å². The van der Waals surface area contributed by atoms with Crippen LogP contribution in [0.15, 0.2) is 53.1 Å². The van der Waals surface area contributed by atoms with Crippen LogP contribution in [-0.4, -0.2) is 59.9 Å². The fourth-order valence-electron chi connectivity index (χ4n) is 3.97. The lowest BCUT2D eigenvalue weighted by Gasteiger charge is -2.28. The molecular formula is C24H31FN4O3. The Labute approximate surface area is 188 Å². The molecule has 0 bridgehead atoms. The minimum atomic E-state index is -1.06. The lowest BCUT2D eigenvalue weighted by molar-refractivity contribution is -0.137. The number of carboxylic acid groups (broad SMARTS) is 1. The molecule has 0 aromatic heterocycles. The van der Waals surface area contributed by atoms with Crippen LogP contribution in [0.5, 0.6) is 0 Å². The predicted octanol–water partition coefficient (Wildman–Crippen LogP) is 2.82. The van der Waals surface area contributed by atoms with Gasteiger partial charge < -0.3 is 15.7 Å². The Bertz CT molecular complexity index is 912. The SMILES string of the molecule is CCCN(CCC1C=CC2=CCCN=C2N1)CC(=O)NC(CC(=O)O)c1cccc(F)c1. The number of hydrogen-bond acceptors (Lipinski definition) is 5. The van der Waals surface area contributed by atoms with Crippen LogP contribution < -0.4 is 10.6 Å². The maximum absolute atomic E-state index is 13.6. The molecule has 32 heavy (non-hydrogen) atoms. The minimum Gasteiger partial charge on any atom is -0.481 e. The van der Waals surface area contributed by atoms with E-state index in [9.17, 15) is 19.1 Å². The summed E-state index contributed by atoms with van der Waals surface area (Å²) >= 11 is 0. The van der Waals surface area contributed by atoms with Crippen LogP contribution in [0.1, 0.15) is 44.2 Å².